The third kappa shape index (κ3) is 5.03. The maximum Gasteiger partial charge on any atom is 0.315 e. The first-order chi connectivity index (χ1) is 8.49. The number of primary amides is 1. The maximum atomic E-state index is 11.2. The van der Waals surface area contributed by atoms with Gasteiger partial charge in [-0.2, -0.15) is 0 Å². The molecule has 0 atom stereocenters. The second-order valence-corrected chi connectivity index (χ2v) is 4.59. The van der Waals surface area contributed by atoms with Crippen LogP contribution in [0.4, 0.5) is 4.79 Å². The molecule has 1 aliphatic rings. The Morgan fingerprint density at radius 1 is 1.11 bits per heavy atom. The fourth-order valence-electron chi connectivity index (χ4n) is 2.08. The number of amides is 3. The van der Waals surface area contributed by atoms with Crippen molar-refractivity contribution in [1.82, 2.24) is 10.6 Å². The zero-order valence-corrected chi connectivity index (χ0v) is 10.1. The van der Waals surface area contributed by atoms with Crippen LogP contribution in [0.25, 0.3) is 0 Å². The Hall–Kier alpha value is -1.79. The summed E-state index contributed by atoms with van der Waals surface area (Å²) in [4.78, 5) is 32.4. The lowest BCUT2D eigenvalue weighted by Crippen LogP contribution is -2.42. The van der Waals surface area contributed by atoms with E-state index in [2.05, 4.69) is 10.6 Å². The Balaban J connectivity index is 2.15. The topological polar surface area (TPSA) is 122 Å². The quantitative estimate of drug-likeness (QED) is 0.538. The average molecular weight is 257 g/mol. The van der Waals surface area contributed by atoms with Crippen LogP contribution in [-0.4, -0.2) is 36.1 Å². The summed E-state index contributed by atoms with van der Waals surface area (Å²) >= 11 is 0. The molecule has 1 aliphatic carbocycles. The number of nitrogens with one attached hydrogen (secondary N) is 2. The number of hydrogen-bond acceptors (Lipinski definition) is 3. The largest absolute Gasteiger partial charge is 0.481 e. The van der Waals surface area contributed by atoms with E-state index in [-0.39, 0.29) is 12.5 Å². The predicted molar refractivity (Wildman–Crippen MR) is 63.7 cm³/mol. The SMILES string of the molecule is NC(=O)CNC(=O)NCC1CCC(C(=O)O)CC1. The van der Waals surface area contributed by atoms with E-state index in [0.29, 0.717) is 25.3 Å². The zero-order valence-electron chi connectivity index (χ0n) is 10.1. The standard InChI is InChI=1S/C11H19N3O4/c12-9(15)6-14-11(18)13-5-7-1-3-8(4-2-7)10(16)17/h7-8H,1-6H2,(H2,12,15)(H,16,17)(H2,13,14,18). The van der Waals surface area contributed by atoms with Crippen LogP contribution in [0.15, 0.2) is 0 Å². The van der Waals surface area contributed by atoms with Crippen LogP contribution in [0.2, 0.25) is 0 Å². The number of rotatable bonds is 5. The maximum absolute atomic E-state index is 11.2. The van der Waals surface area contributed by atoms with Crippen molar-refractivity contribution in [2.75, 3.05) is 13.1 Å². The average Bonchev–Trinajstić information content (AvgIpc) is 2.34. The van der Waals surface area contributed by atoms with Gasteiger partial charge in [-0.25, -0.2) is 4.79 Å². The van der Waals surface area contributed by atoms with Crippen molar-refractivity contribution in [3.8, 4) is 0 Å². The van der Waals surface area contributed by atoms with E-state index in [1.165, 1.54) is 0 Å². The third-order valence-electron chi connectivity index (χ3n) is 3.17. The minimum Gasteiger partial charge on any atom is -0.481 e. The fraction of sp³-hybridized carbons (Fsp3) is 0.727. The highest BCUT2D eigenvalue weighted by Crippen LogP contribution is 2.28. The first-order valence-electron chi connectivity index (χ1n) is 6.02. The van der Waals surface area contributed by atoms with Crippen molar-refractivity contribution in [3.63, 3.8) is 0 Å². The molecule has 18 heavy (non-hydrogen) atoms. The van der Waals surface area contributed by atoms with Crippen molar-refractivity contribution in [2.24, 2.45) is 17.6 Å². The molecule has 0 aromatic heterocycles. The van der Waals surface area contributed by atoms with Gasteiger partial charge in [0.05, 0.1) is 12.5 Å². The summed E-state index contributed by atoms with van der Waals surface area (Å²) in [6.07, 6.45) is 2.91. The minimum atomic E-state index is -0.736. The van der Waals surface area contributed by atoms with Gasteiger partial charge in [0.25, 0.3) is 0 Å². The Labute approximate surface area is 105 Å². The molecule has 0 saturated heterocycles. The number of nitrogens with two attached hydrogens (primary N) is 1. The molecule has 0 aliphatic heterocycles. The summed E-state index contributed by atoms with van der Waals surface area (Å²) in [5, 5.41) is 13.8. The van der Waals surface area contributed by atoms with Gasteiger partial charge >= 0.3 is 12.0 Å². The van der Waals surface area contributed by atoms with E-state index < -0.39 is 17.9 Å². The molecule has 0 spiro atoms. The molecule has 1 fully saturated rings. The summed E-state index contributed by atoms with van der Waals surface area (Å²) < 4.78 is 0. The Kier molecular flexibility index (Phi) is 5.41. The smallest absolute Gasteiger partial charge is 0.315 e. The molecule has 0 aromatic rings. The van der Waals surface area contributed by atoms with Crippen LogP contribution in [0.5, 0.6) is 0 Å². The number of carbonyl (C=O) groups is 3. The van der Waals surface area contributed by atoms with Crippen LogP contribution >= 0.6 is 0 Å². The highest BCUT2D eigenvalue weighted by molar-refractivity contribution is 5.82. The molecule has 0 aromatic carbocycles. The molecule has 1 saturated carbocycles. The van der Waals surface area contributed by atoms with E-state index in [1.54, 1.807) is 0 Å². The lowest BCUT2D eigenvalue weighted by molar-refractivity contribution is -0.143. The van der Waals surface area contributed by atoms with Gasteiger partial charge < -0.3 is 21.5 Å². The van der Waals surface area contributed by atoms with Gasteiger partial charge in [0.1, 0.15) is 0 Å². The number of carbonyl (C=O) groups excluding carboxylic acids is 2. The predicted octanol–water partition coefficient (Wildman–Crippen LogP) is -0.338. The molecule has 0 heterocycles. The lowest BCUT2D eigenvalue weighted by atomic mass is 9.82. The van der Waals surface area contributed by atoms with E-state index in [1.807, 2.05) is 0 Å². The van der Waals surface area contributed by atoms with E-state index in [0.717, 1.165) is 12.8 Å². The van der Waals surface area contributed by atoms with Crippen LogP contribution in [-0.2, 0) is 9.59 Å². The number of aliphatic carboxylic acids is 1. The van der Waals surface area contributed by atoms with Gasteiger partial charge in [0.2, 0.25) is 5.91 Å². The molecule has 102 valence electrons. The Morgan fingerprint density at radius 3 is 2.22 bits per heavy atom. The van der Waals surface area contributed by atoms with Crippen molar-refractivity contribution >= 4 is 17.9 Å². The van der Waals surface area contributed by atoms with Crippen molar-refractivity contribution < 1.29 is 19.5 Å². The van der Waals surface area contributed by atoms with Gasteiger partial charge in [-0.05, 0) is 31.6 Å². The third-order valence-corrected chi connectivity index (χ3v) is 3.17. The molecule has 7 heteroatoms. The van der Waals surface area contributed by atoms with E-state index in [9.17, 15) is 14.4 Å². The Morgan fingerprint density at radius 2 is 1.72 bits per heavy atom. The second kappa shape index (κ2) is 6.83. The summed E-state index contributed by atoms with van der Waals surface area (Å²) in [5.41, 5.74) is 4.89. The van der Waals surface area contributed by atoms with Crippen LogP contribution < -0.4 is 16.4 Å². The van der Waals surface area contributed by atoms with Gasteiger partial charge in [-0.15, -0.1) is 0 Å². The second-order valence-electron chi connectivity index (χ2n) is 4.59. The van der Waals surface area contributed by atoms with Gasteiger partial charge in [0, 0.05) is 6.54 Å². The normalized spacial score (nSPS) is 23.1. The van der Waals surface area contributed by atoms with E-state index >= 15 is 0 Å². The number of hydrogen-bond donors (Lipinski definition) is 4. The molecule has 0 unspecified atom stereocenters. The van der Waals surface area contributed by atoms with Crippen LogP contribution in [0, 0.1) is 11.8 Å². The monoisotopic (exact) mass is 257 g/mol. The molecule has 1 rings (SSSR count). The Bertz CT molecular complexity index is 324. The van der Waals surface area contributed by atoms with E-state index in [4.69, 9.17) is 10.8 Å². The fourth-order valence-corrected chi connectivity index (χ4v) is 2.08. The van der Waals surface area contributed by atoms with Crippen LogP contribution in [0.1, 0.15) is 25.7 Å². The zero-order chi connectivity index (χ0) is 13.5. The molecular weight excluding hydrogens is 238 g/mol. The molecule has 3 amide bonds. The van der Waals surface area contributed by atoms with Crippen molar-refractivity contribution in [3.05, 3.63) is 0 Å². The molecular formula is C11H19N3O4. The van der Waals surface area contributed by atoms with Crippen LogP contribution in [0.3, 0.4) is 0 Å². The van der Waals surface area contributed by atoms with Crippen molar-refractivity contribution in [2.45, 2.75) is 25.7 Å². The van der Waals surface area contributed by atoms with Crippen molar-refractivity contribution in [1.29, 1.82) is 0 Å². The molecule has 5 N–H and O–H groups in total. The summed E-state index contributed by atoms with van der Waals surface area (Å²) in [6, 6.07) is -0.422. The first-order valence-corrected chi connectivity index (χ1v) is 6.02. The molecule has 0 bridgehead atoms. The first kappa shape index (κ1) is 14.3. The number of urea groups is 1. The lowest BCUT2D eigenvalue weighted by Gasteiger charge is -2.26. The number of carboxylic acid groups (broad SMARTS) is 1. The summed E-state index contributed by atoms with van der Waals surface area (Å²) in [5.74, 6) is -1.27. The number of carboxylic acids is 1. The minimum absolute atomic E-state index is 0.183. The summed E-state index contributed by atoms with van der Waals surface area (Å²) in [6.45, 7) is 0.314. The molecule has 7 nitrogen and oxygen atoms in total. The highest BCUT2D eigenvalue weighted by atomic mass is 16.4. The summed E-state index contributed by atoms with van der Waals surface area (Å²) in [7, 11) is 0. The van der Waals surface area contributed by atoms with Gasteiger partial charge in [0.15, 0.2) is 0 Å². The molecule has 0 radical (unpaired) electrons. The highest BCUT2D eigenvalue weighted by Gasteiger charge is 2.25. The van der Waals surface area contributed by atoms with Gasteiger partial charge in [-0.1, -0.05) is 0 Å². The van der Waals surface area contributed by atoms with Gasteiger partial charge in [-0.3, -0.25) is 9.59 Å².